The number of benzene rings is 1. The number of rotatable bonds is 5. The van der Waals surface area contributed by atoms with Crippen LogP contribution in [0.15, 0.2) is 18.2 Å². The van der Waals surface area contributed by atoms with Gasteiger partial charge in [0.15, 0.2) is 0 Å². The largest absolute Gasteiger partial charge is 0.495 e. The predicted octanol–water partition coefficient (Wildman–Crippen LogP) is 3.27. The van der Waals surface area contributed by atoms with Gasteiger partial charge in [0, 0.05) is 17.9 Å². The van der Waals surface area contributed by atoms with Crippen LogP contribution < -0.4 is 15.4 Å². The van der Waals surface area contributed by atoms with Gasteiger partial charge in [-0.3, -0.25) is 9.59 Å². The van der Waals surface area contributed by atoms with Gasteiger partial charge in [0.25, 0.3) is 0 Å². The average molecular weight is 332 g/mol. The van der Waals surface area contributed by atoms with Crippen LogP contribution >= 0.6 is 0 Å². The van der Waals surface area contributed by atoms with Crippen molar-refractivity contribution in [2.45, 2.75) is 52.5 Å². The lowest BCUT2D eigenvalue weighted by atomic mass is 9.81. The van der Waals surface area contributed by atoms with E-state index in [2.05, 4.69) is 10.6 Å². The number of carbonyl (C=O) groups is 2. The molecule has 0 aliphatic heterocycles. The Morgan fingerprint density at radius 1 is 1.08 bits per heavy atom. The quantitative estimate of drug-likeness (QED) is 0.869. The monoisotopic (exact) mass is 332 g/mol. The molecule has 132 valence electrons. The molecule has 1 aromatic rings. The van der Waals surface area contributed by atoms with Crippen LogP contribution in [0.3, 0.4) is 0 Å². The Labute approximate surface area is 144 Å². The number of amides is 2. The van der Waals surface area contributed by atoms with Crippen LogP contribution in [0.25, 0.3) is 0 Å². The third-order valence-corrected chi connectivity index (χ3v) is 4.51. The third-order valence-electron chi connectivity index (χ3n) is 4.51. The van der Waals surface area contributed by atoms with E-state index in [9.17, 15) is 9.59 Å². The van der Waals surface area contributed by atoms with Crippen molar-refractivity contribution < 1.29 is 14.3 Å². The van der Waals surface area contributed by atoms with E-state index in [1.54, 1.807) is 7.11 Å². The number of hydrogen-bond donors (Lipinski definition) is 2. The van der Waals surface area contributed by atoms with Crippen molar-refractivity contribution in [2.24, 2.45) is 11.8 Å². The van der Waals surface area contributed by atoms with Crippen molar-refractivity contribution in [1.29, 1.82) is 0 Å². The molecule has 0 atom stereocenters. The molecule has 0 bridgehead atoms. The lowest BCUT2D eigenvalue weighted by Crippen LogP contribution is -2.38. The summed E-state index contributed by atoms with van der Waals surface area (Å²) in [6.45, 7) is 5.91. The predicted molar refractivity (Wildman–Crippen MR) is 95.1 cm³/mol. The first kappa shape index (κ1) is 18.3. The molecule has 2 amide bonds. The average Bonchev–Trinajstić information content (AvgIpc) is 2.54. The Balaban J connectivity index is 1.91. The van der Waals surface area contributed by atoms with Gasteiger partial charge in [0.05, 0.1) is 12.8 Å². The molecular formula is C19H28N2O3. The highest BCUT2D eigenvalue weighted by Gasteiger charge is 2.30. The Hall–Kier alpha value is -2.04. The molecule has 5 heteroatoms. The van der Waals surface area contributed by atoms with Crippen LogP contribution in [0.1, 0.15) is 45.1 Å². The van der Waals surface area contributed by atoms with E-state index < -0.39 is 0 Å². The molecule has 0 aromatic heterocycles. The van der Waals surface area contributed by atoms with Crippen molar-refractivity contribution in [3.05, 3.63) is 23.8 Å². The van der Waals surface area contributed by atoms with Gasteiger partial charge in [-0.2, -0.15) is 0 Å². The summed E-state index contributed by atoms with van der Waals surface area (Å²) < 4.78 is 5.31. The van der Waals surface area contributed by atoms with Crippen LogP contribution in [-0.2, 0) is 9.59 Å². The van der Waals surface area contributed by atoms with E-state index >= 15 is 0 Å². The van der Waals surface area contributed by atoms with Gasteiger partial charge in [-0.15, -0.1) is 0 Å². The van der Waals surface area contributed by atoms with Gasteiger partial charge in [0.1, 0.15) is 5.75 Å². The molecule has 0 saturated heterocycles. The second-order valence-electron chi connectivity index (χ2n) is 6.90. The molecule has 1 saturated carbocycles. The topological polar surface area (TPSA) is 67.4 Å². The highest BCUT2D eigenvalue weighted by molar-refractivity contribution is 5.94. The minimum absolute atomic E-state index is 0.0154. The number of methoxy groups -OCH3 is 1. The van der Waals surface area contributed by atoms with Crippen LogP contribution in [0.4, 0.5) is 5.69 Å². The Morgan fingerprint density at radius 3 is 2.21 bits per heavy atom. The molecular weight excluding hydrogens is 304 g/mol. The zero-order valence-electron chi connectivity index (χ0n) is 15.0. The second-order valence-corrected chi connectivity index (χ2v) is 6.90. The van der Waals surface area contributed by atoms with Crippen molar-refractivity contribution >= 4 is 17.5 Å². The lowest BCUT2D eigenvalue weighted by molar-refractivity contribution is -0.128. The first-order valence-electron chi connectivity index (χ1n) is 8.66. The molecule has 0 spiro atoms. The molecule has 1 fully saturated rings. The maximum absolute atomic E-state index is 12.5. The molecule has 0 radical (unpaired) electrons. The highest BCUT2D eigenvalue weighted by atomic mass is 16.5. The number of ether oxygens (including phenoxy) is 1. The normalized spacial score (nSPS) is 20.5. The van der Waals surface area contributed by atoms with Crippen LogP contribution in [0.2, 0.25) is 0 Å². The molecule has 24 heavy (non-hydrogen) atoms. The fourth-order valence-electron chi connectivity index (χ4n) is 3.17. The van der Waals surface area contributed by atoms with Gasteiger partial charge in [-0.1, -0.05) is 6.07 Å². The summed E-state index contributed by atoms with van der Waals surface area (Å²) >= 11 is 0. The number of aryl methyl sites for hydroxylation is 1. The standard InChI is InChI=1S/C19H28N2O3/c1-12(2)20-18(22)14-6-8-15(9-7-14)19(23)21-16-11-13(3)5-10-17(16)24-4/h5,10-12,14-15H,6-9H2,1-4H3,(H,20,22)(H,21,23). The molecule has 1 aliphatic rings. The minimum Gasteiger partial charge on any atom is -0.495 e. The Kier molecular flexibility index (Phi) is 6.23. The van der Waals surface area contributed by atoms with E-state index in [0.717, 1.165) is 31.2 Å². The highest BCUT2D eigenvalue weighted by Crippen LogP contribution is 2.31. The van der Waals surface area contributed by atoms with E-state index in [-0.39, 0.29) is 29.7 Å². The minimum atomic E-state index is -0.0432. The number of carbonyl (C=O) groups excluding carboxylic acids is 2. The van der Waals surface area contributed by atoms with Crippen molar-refractivity contribution in [2.75, 3.05) is 12.4 Å². The smallest absolute Gasteiger partial charge is 0.227 e. The maximum Gasteiger partial charge on any atom is 0.227 e. The summed E-state index contributed by atoms with van der Waals surface area (Å²) in [6, 6.07) is 5.89. The molecule has 2 rings (SSSR count). The van der Waals surface area contributed by atoms with Crippen LogP contribution in [-0.4, -0.2) is 25.0 Å². The van der Waals surface area contributed by atoms with E-state index in [1.165, 1.54) is 0 Å². The van der Waals surface area contributed by atoms with Crippen LogP contribution in [0, 0.1) is 18.8 Å². The third kappa shape index (κ3) is 4.73. The second kappa shape index (κ2) is 8.18. The van der Waals surface area contributed by atoms with E-state index in [4.69, 9.17) is 4.74 Å². The molecule has 0 heterocycles. The fraction of sp³-hybridized carbons (Fsp3) is 0.579. The van der Waals surface area contributed by atoms with E-state index in [0.29, 0.717) is 11.4 Å². The fourth-order valence-corrected chi connectivity index (χ4v) is 3.17. The number of anilines is 1. The van der Waals surface area contributed by atoms with Crippen molar-refractivity contribution in [1.82, 2.24) is 5.32 Å². The van der Waals surface area contributed by atoms with Crippen molar-refractivity contribution in [3.63, 3.8) is 0 Å². The Morgan fingerprint density at radius 2 is 1.67 bits per heavy atom. The van der Waals surface area contributed by atoms with Gasteiger partial charge >= 0.3 is 0 Å². The van der Waals surface area contributed by atoms with Gasteiger partial charge < -0.3 is 15.4 Å². The molecule has 1 aromatic carbocycles. The first-order valence-corrected chi connectivity index (χ1v) is 8.66. The molecule has 0 unspecified atom stereocenters. The first-order chi connectivity index (χ1) is 11.4. The van der Waals surface area contributed by atoms with Gasteiger partial charge in [-0.05, 0) is 64.2 Å². The van der Waals surface area contributed by atoms with Gasteiger partial charge in [-0.25, -0.2) is 0 Å². The molecule has 5 nitrogen and oxygen atoms in total. The number of nitrogens with one attached hydrogen (secondary N) is 2. The zero-order valence-corrected chi connectivity index (χ0v) is 15.0. The maximum atomic E-state index is 12.5. The molecule has 1 aliphatic carbocycles. The van der Waals surface area contributed by atoms with Crippen molar-refractivity contribution in [3.8, 4) is 5.75 Å². The Bertz CT molecular complexity index is 590. The lowest BCUT2D eigenvalue weighted by Gasteiger charge is -2.27. The number of hydrogen-bond acceptors (Lipinski definition) is 3. The summed E-state index contributed by atoms with van der Waals surface area (Å²) in [5.74, 6) is 0.785. The zero-order chi connectivity index (χ0) is 17.7. The van der Waals surface area contributed by atoms with Gasteiger partial charge in [0.2, 0.25) is 11.8 Å². The summed E-state index contributed by atoms with van der Waals surface area (Å²) in [5, 5.41) is 5.95. The summed E-state index contributed by atoms with van der Waals surface area (Å²) in [6.07, 6.45) is 3.02. The SMILES string of the molecule is COc1ccc(C)cc1NC(=O)C1CCC(C(=O)NC(C)C)CC1. The van der Waals surface area contributed by atoms with Crippen LogP contribution in [0.5, 0.6) is 5.75 Å². The summed E-state index contributed by atoms with van der Waals surface area (Å²) in [4.78, 5) is 24.6. The summed E-state index contributed by atoms with van der Waals surface area (Å²) in [7, 11) is 1.60. The summed E-state index contributed by atoms with van der Waals surface area (Å²) in [5.41, 5.74) is 1.78. The van der Waals surface area contributed by atoms with E-state index in [1.807, 2.05) is 39.0 Å². The molecule has 2 N–H and O–H groups in total.